The van der Waals surface area contributed by atoms with E-state index < -0.39 is 18.1 Å². The number of ether oxygens (including phenoxy) is 3. The molecule has 2 atom stereocenters. The minimum Gasteiger partial charge on any atom is -0.544 e. The Balaban J connectivity index is 4.58. The van der Waals surface area contributed by atoms with Gasteiger partial charge in [-0.1, -0.05) is 106 Å². The monoisotopic (exact) mass is 685 g/mol. The number of carbonyl (C=O) groups excluding carboxylic acids is 3. The van der Waals surface area contributed by atoms with Crippen molar-refractivity contribution >= 4 is 17.9 Å². The van der Waals surface area contributed by atoms with Crippen molar-refractivity contribution in [3.05, 3.63) is 72.9 Å². The van der Waals surface area contributed by atoms with Crippen LogP contribution < -0.4 is 5.11 Å². The van der Waals surface area contributed by atoms with E-state index in [4.69, 9.17) is 14.2 Å². The Hall–Kier alpha value is -3.23. The van der Waals surface area contributed by atoms with Gasteiger partial charge < -0.3 is 28.6 Å². The molecule has 0 amide bonds. The van der Waals surface area contributed by atoms with E-state index in [1.165, 1.54) is 25.7 Å². The van der Waals surface area contributed by atoms with Crippen LogP contribution in [0.25, 0.3) is 0 Å². The maximum atomic E-state index is 12.6. The second-order valence-electron chi connectivity index (χ2n) is 13.1. The van der Waals surface area contributed by atoms with Crippen molar-refractivity contribution in [3.8, 4) is 0 Å². The molecule has 0 aliphatic heterocycles. The molecule has 0 saturated carbocycles. The highest BCUT2D eigenvalue weighted by molar-refractivity contribution is 5.70. The van der Waals surface area contributed by atoms with Crippen LogP contribution in [0.5, 0.6) is 0 Å². The number of carboxylic acids is 1. The highest BCUT2D eigenvalue weighted by Gasteiger charge is 2.25. The third kappa shape index (κ3) is 30.6. The number of carboxylic acid groups (broad SMARTS) is 1. The molecule has 8 nitrogen and oxygen atoms in total. The molecule has 0 fully saturated rings. The van der Waals surface area contributed by atoms with Gasteiger partial charge in [-0.25, -0.2) is 0 Å². The predicted molar refractivity (Wildman–Crippen MR) is 199 cm³/mol. The molecule has 278 valence electrons. The van der Waals surface area contributed by atoms with Gasteiger partial charge in [0.1, 0.15) is 12.6 Å². The Labute approximate surface area is 298 Å². The zero-order chi connectivity index (χ0) is 36.4. The second kappa shape index (κ2) is 32.0. The highest BCUT2D eigenvalue weighted by atomic mass is 16.6. The summed E-state index contributed by atoms with van der Waals surface area (Å²) in [6.45, 7) is 4.36. The van der Waals surface area contributed by atoms with E-state index in [0.29, 0.717) is 12.8 Å². The molecule has 0 heterocycles. The SMILES string of the molecule is CC/C=C/C/C=C/C/C=C/C/C=C/C/C=C/CCC(=O)OCC(COCCC(C(=O)[O-])[N+](C)(C)C)OC(=O)CCC/C=C/CCCCCC. The summed E-state index contributed by atoms with van der Waals surface area (Å²) in [4.78, 5) is 36.5. The fraction of sp³-hybridized carbons (Fsp3) is 0.634. The molecular formula is C41H67NO7. The first-order valence-electron chi connectivity index (χ1n) is 18.5. The zero-order valence-corrected chi connectivity index (χ0v) is 31.3. The van der Waals surface area contributed by atoms with Gasteiger partial charge in [0.2, 0.25) is 0 Å². The molecule has 0 spiro atoms. The van der Waals surface area contributed by atoms with Crippen LogP contribution in [0, 0.1) is 0 Å². The molecule has 0 aliphatic rings. The van der Waals surface area contributed by atoms with Gasteiger partial charge in [-0.2, -0.15) is 0 Å². The number of nitrogens with zero attached hydrogens (tertiary/aromatic N) is 1. The second-order valence-corrected chi connectivity index (χ2v) is 13.1. The fourth-order valence-electron chi connectivity index (χ4n) is 4.71. The van der Waals surface area contributed by atoms with Gasteiger partial charge in [-0.05, 0) is 64.2 Å². The number of hydrogen-bond donors (Lipinski definition) is 0. The summed E-state index contributed by atoms with van der Waals surface area (Å²) in [5.41, 5.74) is 0. The number of esters is 2. The van der Waals surface area contributed by atoms with Gasteiger partial charge in [0.05, 0.1) is 40.3 Å². The number of hydrogen-bond acceptors (Lipinski definition) is 7. The number of likely N-dealkylation sites (N-methyl/N-ethyl adjacent to an activating group) is 1. The van der Waals surface area contributed by atoms with E-state index in [1.807, 2.05) is 12.2 Å². The first-order valence-corrected chi connectivity index (χ1v) is 18.5. The number of allylic oxidation sites excluding steroid dienone is 12. The molecule has 0 aromatic heterocycles. The van der Waals surface area contributed by atoms with E-state index in [-0.39, 0.29) is 55.5 Å². The van der Waals surface area contributed by atoms with Gasteiger partial charge in [0.15, 0.2) is 6.10 Å². The van der Waals surface area contributed by atoms with Crippen LogP contribution in [0.2, 0.25) is 0 Å². The highest BCUT2D eigenvalue weighted by Crippen LogP contribution is 2.10. The van der Waals surface area contributed by atoms with E-state index in [2.05, 4.69) is 74.6 Å². The Morgan fingerprint density at radius 1 is 0.633 bits per heavy atom. The van der Waals surface area contributed by atoms with Gasteiger partial charge in [-0.15, -0.1) is 0 Å². The lowest BCUT2D eigenvalue weighted by Gasteiger charge is -2.34. The summed E-state index contributed by atoms with van der Waals surface area (Å²) in [5.74, 6) is -1.90. The first-order chi connectivity index (χ1) is 23.6. The lowest BCUT2D eigenvalue weighted by molar-refractivity contribution is -0.889. The van der Waals surface area contributed by atoms with Crippen LogP contribution in [0.1, 0.15) is 117 Å². The van der Waals surface area contributed by atoms with E-state index in [9.17, 15) is 19.5 Å². The van der Waals surface area contributed by atoms with Crippen LogP contribution in [0.3, 0.4) is 0 Å². The molecule has 0 N–H and O–H groups in total. The number of unbranched alkanes of at least 4 members (excludes halogenated alkanes) is 5. The zero-order valence-electron chi connectivity index (χ0n) is 31.3. The van der Waals surface area contributed by atoms with Crippen molar-refractivity contribution in [1.82, 2.24) is 0 Å². The topological polar surface area (TPSA) is 102 Å². The van der Waals surface area contributed by atoms with Crippen LogP contribution in [-0.2, 0) is 28.6 Å². The molecule has 0 aliphatic carbocycles. The maximum absolute atomic E-state index is 12.6. The third-order valence-corrected chi connectivity index (χ3v) is 7.59. The van der Waals surface area contributed by atoms with Crippen molar-refractivity contribution in [2.75, 3.05) is 41.0 Å². The summed E-state index contributed by atoms with van der Waals surface area (Å²) < 4.78 is 16.9. The average molecular weight is 686 g/mol. The lowest BCUT2D eigenvalue weighted by atomic mass is 10.1. The van der Waals surface area contributed by atoms with Crippen LogP contribution >= 0.6 is 0 Å². The van der Waals surface area contributed by atoms with Gasteiger partial charge >= 0.3 is 11.9 Å². The Morgan fingerprint density at radius 3 is 1.73 bits per heavy atom. The minimum absolute atomic E-state index is 0.00235. The standard InChI is InChI=1S/C41H67NO7/c1-6-8-10-12-14-16-17-18-19-20-21-22-24-25-27-29-31-39(43)48-36-37(35-47-34-33-38(41(45)46)42(3,4)5)49-40(44)32-30-28-26-23-15-13-11-9-7-2/h8,10,14,16,18-19,21-23,25-27,37-38H,6-7,9,11-13,15,17,20,24,28-36H2,1-5H3/b10-8+,16-14+,19-18+,22-21+,26-23+,27-25+. The normalized spacial score (nSPS) is 13.9. The quantitative estimate of drug-likeness (QED) is 0.0316. The molecule has 0 radical (unpaired) electrons. The number of aliphatic carboxylic acids is 1. The Kier molecular flexibility index (Phi) is 29.9. The van der Waals surface area contributed by atoms with Gasteiger partial charge in [-0.3, -0.25) is 9.59 Å². The summed E-state index contributed by atoms with van der Waals surface area (Å²) in [5, 5.41) is 11.6. The van der Waals surface area contributed by atoms with E-state index >= 15 is 0 Å². The molecule has 8 heteroatoms. The molecule has 49 heavy (non-hydrogen) atoms. The van der Waals surface area contributed by atoms with Gasteiger partial charge in [0.25, 0.3) is 0 Å². The molecule has 0 aromatic carbocycles. The summed E-state index contributed by atoms with van der Waals surface area (Å²) >= 11 is 0. The molecular weight excluding hydrogens is 618 g/mol. The largest absolute Gasteiger partial charge is 0.544 e. The summed E-state index contributed by atoms with van der Waals surface area (Å²) in [7, 11) is 5.35. The van der Waals surface area contributed by atoms with Crippen molar-refractivity contribution in [2.45, 2.75) is 129 Å². The number of quaternary nitrogens is 1. The molecule has 0 rings (SSSR count). The van der Waals surface area contributed by atoms with Crippen LogP contribution in [0.15, 0.2) is 72.9 Å². The summed E-state index contributed by atoms with van der Waals surface area (Å²) in [6, 6.07) is -0.741. The lowest BCUT2D eigenvalue weighted by Crippen LogP contribution is -2.55. The van der Waals surface area contributed by atoms with Crippen molar-refractivity contribution < 1.29 is 38.2 Å². The van der Waals surface area contributed by atoms with E-state index in [1.54, 1.807) is 21.1 Å². The number of rotatable bonds is 31. The minimum atomic E-state index is -1.14. The van der Waals surface area contributed by atoms with Crippen molar-refractivity contribution in [3.63, 3.8) is 0 Å². The molecule has 0 aromatic rings. The smallest absolute Gasteiger partial charge is 0.306 e. The van der Waals surface area contributed by atoms with Crippen molar-refractivity contribution in [2.24, 2.45) is 0 Å². The fourth-order valence-corrected chi connectivity index (χ4v) is 4.71. The van der Waals surface area contributed by atoms with Crippen LogP contribution in [-0.4, -0.2) is 75.5 Å². The van der Waals surface area contributed by atoms with Crippen LogP contribution in [0.4, 0.5) is 0 Å². The first kappa shape index (κ1) is 45.8. The average Bonchev–Trinajstić information content (AvgIpc) is 3.05. The van der Waals surface area contributed by atoms with E-state index in [0.717, 1.165) is 44.9 Å². The maximum Gasteiger partial charge on any atom is 0.306 e. The Bertz CT molecular complexity index is 1030. The predicted octanol–water partition coefficient (Wildman–Crippen LogP) is 7.90. The van der Waals surface area contributed by atoms with Crippen molar-refractivity contribution in [1.29, 1.82) is 0 Å². The van der Waals surface area contributed by atoms with Gasteiger partial charge in [0, 0.05) is 19.3 Å². The Morgan fingerprint density at radius 2 is 1.18 bits per heavy atom. The molecule has 0 saturated heterocycles. The molecule has 0 bridgehead atoms. The molecule has 2 unspecified atom stereocenters. The number of carbonyl (C=O) groups is 3. The summed E-state index contributed by atoms with van der Waals surface area (Å²) in [6.07, 6.45) is 38.1. The third-order valence-electron chi connectivity index (χ3n) is 7.59.